The molecule has 0 aromatic heterocycles. The zero-order valence-corrected chi connectivity index (χ0v) is 12.7. The minimum atomic E-state index is -0.533. The highest BCUT2D eigenvalue weighted by Gasteiger charge is 2.17. The molecule has 1 aromatic carbocycles. The molecular formula is C15H22N2O4. The number of hydrogen-bond acceptors (Lipinski definition) is 5. The zero-order valence-electron chi connectivity index (χ0n) is 12.7. The lowest BCUT2D eigenvalue weighted by molar-refractivity contribution is -0.128. The highest BCUT2D eigenvalue weighted by atomic mass is 16.5. The van der Waals surface area contributed by atoms with Crippen LogP contribution in [0.1, 0.15) is 30.1 Å². The lowest BCUT2D eigenvalue weighted by Crippen LogP contribution is -2.22. The molecule has 0 saturated heterocycles. The Morgan fingerprint density at radius 1 is 1.29 bits per heavy atom. The predicted molar refractivity (Wildman–Crippen MR) is 80.2 cm³/mol. The molecule has 116 valence electrons. The largest absolute Gasteiger partial charge is 0.493 e. The minimum Gasteiger partial charge on any atom is -0.493 e. The summed E-state index contributed by atoms with van der Waals surface area (Å²) in [4.78, 5) is 25.0. The molecule has 1 aromatic rings. The van der Waals surface area contributed by atoms with Crippen LogP contribution in [0.4, 0.5) is 5.69 Å². The maximum Gasteiger partial charge on any atom is 0.344 e. The molecule has 0 radical (unpaired) electrons. The van der Waals surface area contributed by atoms with Gasteiger partial charge in [-0.1, -0.05) is 6.07 Å². The molecular weight excluding hydrogens is 272 g/mol. The molecule has 0 heterocycles. The van der Waals surface area contributed by atoms with Crippen LogP contribution in [0.5, 0.6) is 5.75 Å². The molecule has 21 heavy (non-hydrogen) atoms. The minimum absolute atomic E-state index is 0.000259. The summed E-state index contributed by atoms with van der Waals surface area (Å²) in [6.45, 7) is 2.42. The van der Waals surface area contributed by atoms with Crippen LogP contribution in [0.2, 0.25) is 0 Å². The second-order valence-electron chi connectivity index (χ2n) is 4.68. The zero-order chi connectivity index (χ0) is 15.8. The van der Waals surface area contributed by atoms with Crippen LogP contribution in [0.3, 0.4) is 0 Å². The lowest BCUT2D eigenvalue weighted by Gasteiger charge is -2.13. The quantitative estimate of drug-likeness (QED) is 0.470. The van der Waals surface area contributed by atoms with E-state index in [1.54, 1.807) is 32.3 Å². The van der Waals surface area contributed by atoms with Crippen LogP contribution in [-0.2, 0) is 9.53 Å². The van der Waals surface area contributed by atoms with Gasteiger partial charge in [0.25, 0.3) is 0 Å². The number of ether oxygens (including phenoxy) is 2. The van der Waals surface area contributed by atoms with Crippen molar-refractivity contribution in [2.24, 2.45) is 0 Å². The van der Waals surface area contributed by atoms with Gasteiger partial charge in [0.1, 0.15) is 11.3 Å². The summed E-state index contributed by atoms with van der Waals surface area (Å²) in [5.41, 5.74) is 6.35. The van der Waals surface area contributed by atoms with Gasteiger partial charge in [-0.15, -0.1) is 0 Å². The van der Waals surface area contributed by atoms with E-state index in [0.29, 0.717) is 30.9 Å². The first-order valence-corrected chi connectivity index (χ1v) is 6.86. The normalized spacial score (nSPS) is 10.0. The number of esters is 1. The van der Waals surface area contributed by atoms with Gasteiger partial charge in [0, 0.05) is 26.2 Å². The molecule has 0 aliphatic heterocycles. The third-order valence-corrected chi connectivity index (χ3v) is 2.83. The third kappa shape index (κ3) is 4.98. The fourth-order valence-electron chi connectivity index (χ4n) is 1.73. The first kappa shape index (κ1) is 16.8. The molecule has 0 saturated carbocycles. The van der Waals surface area contributed by atoms with Gasteiger partial charge in [0.05, 0.1) is 13.2 Å². The van der Waals surface area contributed by atoms with Gasteiger partial charge in [0.2, 0.25) is 5.91 Å². The number of nitrogen functional groups attached to an aromatic ring is 1. The molecule has 1 rings (SSSR count). The highest BCUT2D eigenvalue weighted by molar-refractivity contribution is 5.98. The summed E-state index contributed by atoms with van der Waals surface area (Å²) >= 11 is 0. The first-order chi connectivity index (χ1) is 9.97. The van der Waals surface area contributed by atoms with Gasteiger partial charge >= 0.3 is 5.97 Å². The van der Waals surface area contributed by atoms with Crippen LogP contribution in [0.15, 0.2) is 18.2 Å². The first-order valence-electron chi connectivity index (χ1n) is 6.86. The number of nitrogens with zero attached hydrogens (tertiary/aromatic N) is 1. The summed E-state index contributed by atoms with van der Waals surface area (Å²) in [6, 6.07) is 5.01. The summed E-state index contributed by atoms with van der Waals surface area (Å²) in [7, 11) is 3.38. The molecule has 6 nitrogen and oxygen atoms in total. The maximum absolute atomic E-state index is 12.1. The van der Waals surface area contributed by atoms with Crippen LogP contribution >= 0.6 is 0 Å². The van der Waals surface area contributed by atoms with Crippen molar-refractivity contribution < 1.29 is 19.1 Å². The van der Waals surface area contributed by atoms with E-state index >= 15 is 0 Å². The molecule has 0 atom stereocenters. The van der Waals surface area contributed by atoms with E-state index in [2.05, 4.69) is 0 Å². The van der Waals surface area contributed by atoms with E-state index in [1.165, 1.54) is 4.90 Å². The standard InChI is InChI=1S/C15H22N2O4/c1-4-20-12-8-5-7-11(16)14(12)15(19)21-10-6-9-13(18)17(2)3/h5,7-8H,4,6,9-10,16H2,1-3H3. The smallest absolute Gasteiger partial charge is 0.344 e. The Labute approximate surface area is 124 Å². The van der Waals surface area contributed by atoms with Crippen LogP contribution in [0, 0.1) is 0 Å². The van der Waals surface area contributed by atoms with Gasteiger partial charge in [-0.25, -0.2) is 4.79 Å². The fourth-order valence-corrected chi connectivity index (χ4v) is 1.73. The van der Waals surface area contributed by atoms with Crippen molar-refractivity contribution >= 4 is 17.6 Å². The maximum atomic E-state index is 12.1. The molecule has 0 unspecified atom stereocenters. The molecule has 0 aliphatic rings. The molecule has 6 heteroatoms. The van der Waals surface area contributed by atoms with Crippen LogP contribution in [-0.4, -0.2) is 44.1 Å². The number of benzene rings is 1. The Bertz CT molecular complexity index is 500. The Balaban J connectivity index is 2.58. The SMILES string of the molecule is CCOc1cccc(N)c1C(=O)OCCCC(=O)N(C)C. The van der Waals surface area contributed by atoms with E-state index in [0.717, 1.165) is 0 Å². The average molecular weight is 294 g/mol. The summed E-state index contributed by atoms with van der Waals surface area (Å²) in [5, 5.41) is 0. The van der Waals surface area contributed by atoms with Crippen LogP contribution < -0.4 is 10.5 Å². The Morgan fingerprint density at radius 3 is 2.62 bits per heavy atom. The Morgan fingerprint density at radius 2 is 2.00 bits per heavy atom. The molecule has 0 bridgehead atoms. The van der Waals surface area contributed by atoms with Crippen molar-refractivity contribution in [3.05, 3.63) is 23.8 Å². The summed E-state index contributed by atoms with van der Waals surface area (Å²) in [6.07, 6.45) is 0.808. The monoisotopic (exact) mass is 294 g/mol. The second kappa shape index (κ2) is 8.14. The molecule has 0 aliphatic carbocycles. The number of carbonyl (C=O) groups excluding carboxylic acids is 2. The van der Waals surface area contributed by atoms with Gasteiger partial charge in [0.15, 0.2) is 0 Å². The number of carbonyl (C=O) groups is 2. The van der Waals surface area contributed by atoms with Gasteiger partial charge in [-0.05, 0) is 25.5 Å². The number of amides is 1. The number of rotatable bonds is 7. The van der Waals surface area contributed by atoms with E-state index < -0.39 is 5.97 Å². The van der Waals surface area contributed by atoms with E-state index in [1.807, 2.05) is 6.92 Å². The highest BCUT2D eigenvalue weighted by Crippen LogP contribution is 2.25. The molecule has 2 N–H and O–H groups in total. The molecule has 0 spiro atoms. The van der Waals surface area contributed by atoms with Crippen molar-refractivity contribution in [3.63, 3.8) is 0 Å². The lowest BCUT2D eigenvalue weighted by atomic mass is 10.1. The van der Waals surface area contributed by atoms with Crippen molar-refractivity contribution in [1.29, 1.82) is 0 Å². The number of hydrogen-bond donors (Lipinski definition) is 1. The van der Waals surface area contributed by atoms with E-state index in [-0.39, 0.29) is 18.1 Å². The fraction of sp³-hybridized carbons (Fsp3) is 0.467. The Kier molecular flexibility index (Phi) is 6.52. The number of nitrogens with two attached hydrogens (primary N) is 1. The van der Waals surface area contributed by atoms with Gasteiger partial charge in [-0.2, -0.15) is 0 Å². The average Bonchev–Trinajstić information content (AvgIpc) is 2.43. The number of anilines is 1. The molecule has 0 fully saturated rings. The van der Waals surface area contributed by atoms with Crippen molar-refractivity contribution in [3.8, 4) is 5.75 Å². The second-order valence-corrected chi connectivity index (χ2v) is 4.68. The summed E-state index contributed by atoms with van der Waals surface area (Å²) in [5.74, 6) is -0.124. The third-order valence-electron chi connectivity index (χ3n) is 2.83. The predicted octanol–water partition coefficient (Wildman–Crippen LogP) is 1.69. The topological polar surface area (TPSA) is 81.9 Å². The van der Waals surface area contributed by atoms with E-state index in [4.69, 9.17) is 15.2 Å². The Hall–Kier alpha value is -2.24. The van der Waals surface area contributed by atoms with E-state index in [9.17, 15) is 9.59 Å². The van der Waals surface area contributed by atoms with Crippen molar-refractivity contribution in [2.75, 3.05) is 33.0 Å². The van der Waals surface area contributed by atoms with Crippen LogP contribution in [0.25, 0.3) is 0 Å². The van der Waals surface area contributed by atoms with Gasteiger partial charge < -0.3 is 20.1 Å². The van der Waals surface area contributed by atoms with Crippen molar-refractivity contribution in [2.45, 2.75) is 19.8 Å². The van der Waals surface area contributed by atoms with Gasteiger partial charge in [-0.3, -0.25) is 4.79 Å². The summed E-state index contributed by atoms with van der Waals surface area (Å²) < 4.78 is 10.5. The molecule has 1 amide bonds. The van der Waals surface area contributed by atoms with Crippen molar-refractivity contribution in [1.82, 2.24) is 4.90 Å².